The van der Waals surface area contributed by atoms with Gasteiger partial charge in [-0.3, -0.25) is 4.79 Å². The van der Waals surface area contributed by atoms with E-state index in [1.165, 1.54) is 6.20 Å². The number of pyridine rings is 1. The second kappa shape index (κ2) is 4.57. The Morgan fingerprint density at radius 2 is 2.36 bits per heavy atom. The highest BCUT2D eigenvalue weighted by Crippen LogP contribution is 2.03. The van der Waals surface area contributed by atoms with Gasteiger partial charge in [-0.15, -0.1) is 0 Å². The third kappa shape index (κ3) is 3.02. The minimum atomic E-state index is -0.476. The fraction of sp³-hybridized carbons (Fsp3) is 0.333. The molecule has 1 amide bonds. The maximum atomic E-state index is 10.7. The van der Waals surface area contributed by atoms with Gasteiger partial charge in [0.2, 0.25) is 5.91 Å². The monoisotopic (exact) mass is 194 g/mol. The summed E-state index contributed by atoms with van der Waals surface area (Å²) < 4.78 is 0. The van der Waals surface area contributed by atoms with E-state index < -0.39 is 5.91 Å². The van der Waals surface area contributed by atoms with Crippen LogP contribution in [0.2, 0.25) is 0 Å². The maximum Gasteiger partial charge on any atom is 0.250 e. The molecule has 1 heterocycles. The number of amides is 1. The standard InChI is InChI=1S/C9H14N4O/c1-6(10)4-12-8-3-2-7(5-13-8)9(11)14/h2-3,5-6H,4,10H2,1H3,(H2,11,14)(H,12,13). The molecule has 1 aromatic heterocycles. The number of hydrogen-bond donors (Lipinski definition) is 3. The number of nitrogens with two attached hydrogens (primary N) is 2. The van der Waals surface area contributed by atoms with Gasteiger partial charge in [0, 0.05) is 18.8 Å². The molecule has 1 atom stereocenters. The van der Waals surface area contributed by atoms with Crippen LogP contribution in [0.5, 0.6) is 0 Å². The van der Waals surface area contributed by atoms with Crippen molar-refractivity contribution in [2.75, 3.05) is 11.9 Å². The molecule has 0 spiro atoms. The molecule has 14 heavy (non-hydrogen) atoms. The van der Waals surface area contributed by atoms with Crippen LogP contribution in [0.3, 0.4) is 0 Å². The number of anilines is 1. The quantitative estimate of drug-likeness (QED) is 0.625. The van der Waals surface area contributed by atoms with E-state index >= 15 is 0 Å². The molecule has 0 radical (unpaired) electrons. The van der Waals surface area contributed by atoms with E-state index in [0.717, 1.165) is 0 Å². The van der Waals surface area contributed by atoms with E-state index in [4.69, 9.17) is 11.5 Å². The van der Waals surface area contributed by atoms with Crippen molar-refractivity contribution in [2.45, 2.75) is 13.0 Å². The van der Waals surface area contributed by atoms with Gasteiger partial charge in [0.05, 0.1) is 5.56 Å². The maximum absolute atomic E-state index is 10.7. The Labute approximate surface area is 82.5 Å². The zero-order chi connectivity index (χ0) is 10.6. The Hall–Kier alpha value is -1.62. The van der Waals surface area contributed by atoms with Crippen LogP contribution < -0.4 is 16.8 Å². The van der Waals surface area contributed by atoms with Crippen LogP contribution in [0, 0.1) is 0 Å². The molecule has 5 N–H and O–H groups in total. The highest BCUT2D eigenvalue weighted by molar-refractivity contribution is 5.92. The van der Waals surface area contributed by atoms with E-state index in [1.54, 1.807) is 12.1 Å². The Bertz CT molecular complexity index is 307. The lowest BCUT2D eigenvalue weighted by Crippen LogP contribution is -2.25. The summed E-state index contributed by atoms with van der Waals surface area (Å²) in [4.78, 5) is 14.7. The molecule has 1 unspecified atom stereocenters. The molecule has 0 aliphatic carbocycles. The first-order chi connectivity index (χ1) is 6.59. The molecule has 1 aromatic rings. The second-order valence-corrected chi connectivity index (χ2v) is 3.15. The van der Waals surface area contributed by atoms with Crippen LogP contribution in [-0.2, 0) is 0 Å². The van der Waals surface area contributed by atoms with Crippen molar-refractivity contribution in [3.8, 4) is 0 Å². The van der Waals surface area contributed by atoms with Crippen molar-refractivity contribution in [1.82, 2.24) is 4.98 Å². The summed E-state index contributed by atoms with van der Waals surface area (Å²) in [5.41, 5.74) is 11.0. The van der Waals surface area contributed by atoms with Crippen LogP contribution >= 0.6 is 0 Å². The van der Waals surface area contributed by atoms with Crippen molar-refractivity contribution >= 4 is 11.7 Å². The zero-order valence-corrected chi connectivity index (χ0v) is 8.03. The lowest BCUT2D eigenvalue weighted by atomic mass is 10.2. The van der Waals surface area contributed by atoms with E-state index in [9.17, 15) is 4.79 Å². The molecule has 0 bridgehead atoms. The van der Waals surface area contributed by atoms with Gasteiger partial charge in [-0.1, -0.05) is 0 Å². The number of carbonyl (C=O) groups is 1. The van der Waals surface area contributed by atoms with Gasteiger partial charge in [-0.2, -0.15) is 0 Å². The predicted molar refractivity (Wildman–Crippen MR) is 54.9 cm³/mol. The topological polar surface area (TPSA) is 94.0 Å². The van der Waals surface area contributed by atoms with Crippen molar-refractivity contribution in [3.63, 3.8) is 0 Å². The van der Waals surface area contributed by atoms with Gasteiger partial charge in [0.1, 0.15) is 5.82 Å². The van der Waals surface area contributed by atoms with Gasteiger partial charge in [0.15, 0.2) is 0 Å². The lowest BCUT2D eigenvalue weighted by molar-refractivity contribution is 0.1000. The first-order valence-electron chi connectivity index (χ1n) is 4.35. The molecule has 0 aromatic carbocycles. The fourth-order valence-corrected chi connectivity index (χ4v) is 0.910. The summed E-state index contributed by atoms with van der Waals surface area (Å²) in [6.45, 7) is 2.54. The first-order valence-corrected chi connectivity index (χ1v) is 4.35. The number of carbonyl (C=O) groups excluding carboxylic acids is 1. The normalized spacial score (nSPS) is 12.1. The largest absolute Gasteiger partial charge is 0.369 e. The number of hydrogen-bond acceptors (Lipinski definition) is 4. The van der Waals surface area contributed by atoms with E-state index in [-0.39, 0.29) is 6.04 Å². The van der Waals surface area contributed by atoms with Gasteiger partial charge in [-0.05, 0) is 19.1 Å². The molecular weight excluding hydrogens is 180 g/mol. The first kappa shape index (κ1) is 10.5. The van der Waals surface area contributed by atoms with Crippen molar-refractivity contribution < 1.29 is 4.79 Å². The van der Waals surface area contributed by atoms with Crippen LogP contribution in [0.15, 0.2) is 18.3 Å². The number of nitrogens with one attached hydrogen (secondary N) is 1. The summed E-state index contributed by atoms with van der Waals surface area (Å²) in [7, 11) is 0. The molecule has 0 saturated heterocycles. The molecule has 0 aliphatic heterocycles. The summed E-state index contributed by atoms with van der Waals surface area (Å²) in [5.74, 6) is 0.212. The highest BCUT2D eigenvalue weighted by atomic mass is 16.1. The number of rotatable bonds is 4. The molecule has 5 nitrogen and oxygen atoms in total. The van der Waals surface area contributed by atoms with Gasteiger partial charge < -0.3 is 16.8 Å². The molecule has 76 valence electrons. The van der Waals surface area contributed by atoms with Gasteiger partial charge >= 0.3 is 0 Å². The van der Waals surface area contributed by atoms with E-state index in [1.807, 2.05) is 6.92 Å². The highest BCUT2D eigenvalue weighted by Gasteiger charge is 2.00. The van der Waals surface area contributed by atoms with Crippen LogP contribution in [0.1, 0.15) is 17.3 Å². The van der Waals surface area contributed by atoms with Crippen molar-refractivity contribution in [3.05, 3.63) is 23.9 Å². The zero-order valence-electron chi connectivity index (χ0n) is 8.03. The summed E-state index contributed by atoms with van der Waals surface area (Å²) in [5, 5.41) is 3.02. The summed E-state index contributed by atoms with van der Waals surface area (Å²) >= 11 is 0. The average molecular weight is 194 g/mol. The van der Waals surface area contributed by atoms with E-state index in [0.29, 0.717) is 17.9 Å². The molecule has 0 fully saturated rings. The van der Waals surface area contributed by atoms with E-state index in [2.05, 4.69) is 10.3 Å². The minimum absolute atomic E-state index is 0.0626. The van der Waals surface area contributed by atoms with Gasteiger partial charge in [-0.25, -0.2) is 4.98 Å². The lowest BCUT2D eigenvalue weighted by Gasteiger charge is -2.07. The SMILES string of the molecule is CC(N)CNc1ccc(C(N)=O)cn1. The molecule has 0 saturated carbocycles. The number of aromatic nitrogens is 1. The third-order valence-corrected chi connectivity index (χ3v) is 1.65. The molecule has 5 heteroatoms. The molecular formula is C9H14N4O. The number of primary amides is 1. The van der Waals surface area contributed by atoms with Crippen molar-refractivity contribution in [1.29, 1.82) is 0 Å². The van der Waals surface area contributed by atoms with Crippen LogP contribution in [-0.4, -0.2) is 23.5 Å². The fourth-order valence-electron chi connectivity index (χ4n) is 0.910. The van der Waals surface area contributed by atoms with Crippen LogP contribution in [0.25, 0.3) is 0 Å². The smallest absolute Gasteiger partial charge is 0.250 e. The average Bonchev–Trinajstić information content (AvgIpc) is 2.15. The number of nitrogens with zero attached hydrogens (tertiary/aromatic N) is 1. The minimum Gasteiger partial charge on any atom is -0.369 e. The predicted octanol–water partition coefficient (Wildman–Crippen LogP) is -0.0604. The Balaban J connectivity index is 2.60. The Morgan fingerprint density at radius 1 is 1.64 bits per heavy atom. The van der Waals surface area contributed by atoms with Gasteiger partial charge in [0.25, 0.3) is 0 Å². The van der Waals surface area contributed by atoms with Crippen LogP contribution in [0.4, 0.5) is 5.82 Å². The second-order valence-electron chi connectivity index (χ2n) is 3.15. The summed E-state index contributed by atoms with van der Waals surface area (Å²) in [6.07, 6.45) is 1.44. The molecule has 1 rings (SSSR count). The Morgan fingerprint density at radius 3 is 2.79 bits per heavy atom. The summed E-state index contributed by atoms with van der Waals surface area (Å²) in [6, 6.07) is 3.38. The van der Waals surface area contributed by atoms with Crippen molar-refractivity contribution in [2.24, 2.45) is 11.5 Å². The third-order valence-electron chi connectivity index (χ3n) is 1.65. The molecule has 0 aliphatic rings. The Kier molecular flexibility index (Phi) is 3.41.